The quantitative estimate of drug-likeness (QED) is 0.374. The lowest BCUT2D eigenvalue weighted by Crippen LogP contribution is -2.38. The largest absolute Gasteiger partial charge is 0.493 e. The number of benzene rings is 2. The van der Waals surface area contributed by atoms with Crippen molar-refractivity contribution in [3.8, 4) is 11.5 Å². The van der Waals surface area contributed by atoms with Gasteiger partial charge in [0.25, 0.3) is 0 Å². The van der Waals surface area contributed by atoms with Crippen LogP contribution in [0.3, 0.4) is 0 Å². The Balaban J connectivity index is 1.38. The first kappa shape index (κ1) is 24.4. The van der Waals surface area contributed by atoms with Crippen molar-refractivity contribution in [2.45, 2.75) is 32.0 Å². The van der Waals surface area contributed by atoms with Crippen LogP contribution >= 0.6 is 11.6 Å². The number of nitrogens with zero attached hydrogens (tertiary/aromatic N) is 3. The smallest absolute Gasteiger partial charge is 0.345 e. The molecule has 1 fully saturated rings. The number of aromatic nitrogens is 2. The van der Waals surface area contributed by atoms with E-state index in [1.165, 1.54) is 6.33 Å². The van der Waals surface area contributed by atoms with Gasteiger partial charge in [-0.15, -0.1) is 0 Å². The summed E-state index contributed by atoms with van der Waals surface area (Å²) in [4.78, 5) is 11.0. The second-order valence-electron chi connectivity index (χ2n) is 8.02. The van der Waals surface area contributed by atoms with Crippen LogP contribution in [0.1, 0.15) is 19.3 Å². The Kier molecular flexibility index (Phi) is 8.31. The van der Waals surface area contributed by atoms with E-state index in [0.29, 0.717) is 41.8 Å². The highest BCUT2D eigenvalue weighted by Gasteiger charge is 2.22. The molecule has 1 N–H and O–H groups in total. The number of fused-ring (bicyclic) bond motifs is 1. The standard InChI is InChI=1S/C24H27ClF2N4O3/c1-32-21-14-20-19(23(29-15-28-20)30-17-5-2-4-16(25)12-17)13-22(21)33-11-3-8-31-9-6-18(7-10-31)34-24(26)27/h2,4-5,12-15,18,24H,3,6-11H2,1H3,(H,28,29,30). The van der Waals surface area contributed by atoms with E-state index in [-0.39, 0.29) is 6.10 Å². The molecule has 0 unspecified atom stereocenters. The molecule has 1 saturated heterocycles. The van der Waals surface area contributed by atoms with Crippen LogP contribution in [0.15, 0.2) is 42.7 Å². The Bertz CT molecular complexity index is 1100. The Labute approximate surface area is 202 Å². The van der Waals surface area contributed by atoms with Crippen molar-refractivity contribution in [2.24, 2.45) is 0 Å². The fourth-order valence-electron chi connectivity index (χ4n) is 4.02. The highest BCUT2D eigenvalue weighted by Crippen LogP contribution is 2.35. The van der Waals surface area contributed by atoms with Crippen LogP contribution in [0, 0.1) is 0 Å². The van der Waals surface area contributed by atoms with Gasteiger partial charge < -0.3 is 24.4 Å². The minimum atomic E-state index is -2.70. The third-order valence-electron chi connectivity index (χ3n) is 5.71. The molecule has 0 amide bonds. The number of rotatable bonds is 10. The maximum Gasteiger partial charge on any atom is 0.345 e. The number of anilines is 2. The predicted molar refractivity (Wildman–Crippen MR) is 127 cm³/mol. The number of hydrogen-bond acceptors (Lipinski definition) is 7. The summed E-state index contributed by atoms with van der Waals surface area (Å²) in [5, 5.41) is 4.70. The second kappa shape index (κ2) is 11.6. The molecule has 0 bridgehead atoms. The number of nitrogens with one attached hydrogen (secondary N) is 1. The van der Waals surface area contributed by atoms with Crippen LogP contribution < -0.4 is 14.8 Å². The van der Waals surface area contributed by atoms with Gasteiger partial charge in [-0.25, -0.2) is 9.97 Å². The molecule has 1 aliphatic heterocycles. The molecular weight excluding hydrogens is 466 g/mol. The van der Waals surface area contributed by atoms with Gasteiger partial charge in [0.1, 0.15) is 12.1 Å². The lowest BCUT2D eigenvalue weighted by atomic mass is 10.1. The molecule has 0 aliphatic carbocycles. The zero-order valence-corrected chi connectivity index (χ0v) is 19.6. The van der Waals surface area contributed by atoms with E-state index < -0.39 is 6.61 Å². The van der Waals surface area contributed by atoms with Crippen molar-refractivity contribution in [3.05, 3.63) is 47.7 Å². The molecule has 3 aromatic rings. The lowest BCUT2D eigenvalue weighted by Gasteiger charge is -2.31. The average molecular weight is 493 g/mol. The van der Waals surface area contributed by atoms with E-state index in [1.807, 2.05) is 30.3 Å². The minimum Gasteiger partial charge on any atom is -0.493 e. The van der Waals surface area contributed by atoms with Gasteiger partial charge in [0.15, 0.2) is 11.5 Å². The molecule has 10 heteroatoms. The van der Waals surface area contributed by atoms with Gasteiger partial charge in [-0.05, 0) is 43.5 Å². The Hall–Kier alpha value is -2.75. The minimum absolute atomic E-state index is 0.355. The molecule has 4 rings (SSSR count). The van der Waals surface area contributed by atoms with Gasteiger partial charge in [0.2, 0.25) is 0 Å². The first-order chi connectivity index (χ1) is 16.5. The Morgan fingerprint density at radius 2 is 1.97 bits per heavy atom. The third kappa shape index (κ3) is 6.43. The highest BCUT2D eigenvalue weighted by molar-refractivity contribution is 6.30. The van der Waals surface area contributed by atoms with E-state index >= 15 is 0 Å². The molecule has 1 aliphatic rings. The van der Waals surface area contributed by atoms with Gasteiger partial charge in [-0.3, -0.25) is 0 Å². The summed E-state index contributed by atoms with van der Waals surface area (Å²) in [5.41, 5.74) is 1.53. The van der Waals surface area contributed by atoms with Gasteiger partial charge in [0.05, 0.1) is 25.3 Å². The first-order valence-electron chi connectivity index (χ1n) is 11.2. The van der Waals surface area contributed by atoms with E-state index in [1.54, 1.807) is 13.2 Å². The van der Waals surface area contributed by atoms with Crippen LogP contribution in [0.2, 0.25) is 5.02 Å². The molecule has 0 radical (unpaired) electrons. The number of piperidine rings is 1. The molecule has 182 valence electrons. The molecule has 34 heavy (non-hydrogen) atoms. The SMILES string of the molecule is COc1cc2ncnc(Nc3cccc(Cl)c3)c2cc1OCCCN1CCC(OC(F)F)CC1. The molecule has 0 atom stereocenters. The summed E-state index contributed by atoms with van der Waals surface area (Å²) >= 11 is 6.10. The molecular formula is C24H27ClF2N4O3. The molecule has 0 saturated carbocycles. The van der Waals surface area contributed by atoms with E-state index in [2.05, 4.69) is 24.9 Å². The molecule has 2 aromatic carbocycles. The summed E-state index contributed by atoms with van der Waals surface area (Å²) in [5.74, 6) is 1.82. The molecule has 1 aromatic heterocycles. The van der Waals surface area contributed by atoms with Crippen LogP contribution in [0.4, 0.5) is 20.3 Å². The number of halogens is 3. The highest BCUT2D eigenvalue weighted by atomic mass is 35.5. The summed E-state index contributed by atoms with van der Waals surface area (Å²) < 4.78 is 40.9. The van der Waals surface area contributed by atoms with Crippen LogP contribution in [0.5, 0.6) is 11.5 Å². The molecule has 2 heterocycles. The number of hydrogen-bond donors (Lipinski definition) is 1. The Morgan fingerprint density at radius 1 is 1.15 bits per heavy atom. The van der Waals surface area contributed by atoms with Crippen molar-refractivity contribution in [2.75, 3.05) is 38.7 Å². The van der Waals surface area contributed by atoms with Crippen LogP contribution in [-0.2, 0) is 4.74 Å². The van der Waals surface area contributed by atoms with Crippen LogP contribution in [0.25, 0.3) is 10.9 Å². The predicted octanol–water partition coefficient (Wildman–Crippen LogP) is 5.51. The average Bonchev–Trinajstić information content (AvgIpc) is 2.82. The number of ether oxygens (including phenoxy) is 3. The fourth-order valence-corrected chi connectivity index (χ4v) is 4.21. The van der Waals surface area contributed by atoms with Crippen molar-refractivity contribution >= 4 is 34.0 Å². The lowest BCUT2D eigenvalue weighted by molar-refractivity contribution is -0.172. The zero-order chi connectivity index (χ0) is 23.9. The summed E-state index contributed by atoms with van der Waals surface area (Å²) in [6.45, 7) is 0.0923. The van der Waals surface area contributed by atoms with Crippen molar-refractivity contribution in [3.63, 3.8) is 0 Å². The van der Waals surface area contributed by atoms with Crippen molar-refractivity contribution in [1.82, 2.24) is 14.9 Å². The third-order valence-corrected chi connectivity index (χ3v) is 5.95. The monoisotopic (exact) mass is 492 g/mol. The fraction of sp³-hybridized carbons (Fsp3) is 0.417. The molecule has 0 spiro atoms. The van der Waals surface area contributed by atoms with E-state index in [4.69, 9.17) is 21.1 Å². The zero-order valence-electron chi connectivity index (χ0n) is 18.8. The van der Waals surface area contributed by atoms with Gasteiger partial charge >= 0.3 is 6.61 Å². The summed E-state index contributed by atoms with van der Waals surface area (Å²) in [6, 6.07) is 11.1. The molecule has 7 nitrogen and oxygen atoms in total. The number of alkyl halides is 2. The maximum absolute atomic E-state index is 12.4. The summed E-state index contributed by atoms with van der Waals surface area (Å²) in [6.07, 6.45) is 3.16. The van der Waals surface area contributed by atoms with Crippen molar-refractivity contribution in [1.29, 1.82) is 0 Å². The van der Waals surface area contributed by atoms with Crippen LogP contribution in [-0.4, -0.2) is 60.9 Å². The van der Waals surface area contributed by atoms with Gasteiger partial charge in [-0.1, -0.05) is 17.7 Å². The first-order valence-corrected chi connectivity index (χ1v) is 11.5. The number of methoxy groups -OCH3 is 1. The van der Waals surface area contributed by atoms with Gasteiger partial charge in [-0.2, -0.15) is 8.78 Å². The normalized spacial score (nSPS) is 15.1. The Morgan fingerprint density at radius 3 is 2.71 bits per heavy atom. The van der Waals surface area contributed by atoms with Crippen molar-refractivity contribution < 1.29 is 23.0 Å². The second-order valence-corrected chi connectivity index (χ2v) is 8.45. The summed E-state index contributed by atoms with van der Waals surface area (Å²) in [7, 11) is 1.59. The maximum atomic E-state index is 12.4. The topological polar surface area (TPSA) is 68.7 Å². The number of likely N-dealkylation sites (tertiary alicyclic amines) is 1. The van der Waals surface area contributed by atoms with E-state index in [9.17, 15) is 8.78 Å². The van der Waals surface area contributed by atoms with Gasteiger partial charge in [0, 0.05) is 41.8 Å². The van der Waals surface area contributed by atoms with E-state index in [0.717, 1.165) is 42.6 Å².